The maximum atomic E-state index is 13.0. The van der Waals surface area contributed by atoms with E-state index in [0.29, 0.717) is 11.6 Å². The summed E-state index contributed by atoms with van der Waals surface area (Å²) in [5.74, 6) is -0.344. The van der Waals surface area contributed by atoms with E-state index in [1.807, 2.05) is 0 Å². The average molecular weight is 575 g/mol. The van der Waals surface area contributed by atoms with E-state index < -0.39 is 48.0 Å². The molecule has 10 nitrogen and oxygen atoms in total. The van der Waals surface area contributed by atoms with Gasteiger partial charge in [0.25, 0.3) is 0 Å². The van der Waals surface area contributed by atoms with E-state index in [1.165, 1.54) is 25.1 Å². The Morgan fingerprint density at radius 2 is 1.97 bits per heavy atom. The van der Waals surface area contributed by atoms with E-state index >= 15 is 0 Å². The molecular weight excluding hydrogens is 536 g/mol. The summed E-state index contributed by atoms with van der Waals surface area (Å²) < 4.78 is 11.1. The maximum Gasteiger partial charge on any atom is 0.339 e. The number of anilines is 1. The van der Waals surface area contributed by atoms with Crippen molar-refractivity contribution in [1.82, 2.24) is 5.32 Å². The van der Waals surface area contributed by atoms with Gasteiger partial charge in [-0.1, -0.05) is 31.4 Å². The topological polar surface area (TPSA) is 172 Å². The number of amides is 1. The van der Waals surface area contributed by atoms with E-state index in [0.717, 1.165) is 43.9 Å². The largest absolute Gasteiger partial charge is 0.461 e. The summed E-state index contributed by atoms with van der Waals surface area (Å²) >= 11 is 7.11. The molecule has 1 heterocycles. The number of esters is 1. The Kier molecular flexibility index (Phi) is 11.5. The van der Waals surface area contributed by atoms with Gasteiger partial charge in [-0.3, -0.25) is 4.79 Å². The summed E-state index contributed by atoms with van der Waals surface area (Å²) in [6.45, 7) is 3.54. The van der Waals surface area contributed by atoms with Crippen LogP contribution in [-0.4, -0.2) is 86.7 Å². The summed E-state index contributed by atoms with van der Waals surface area (Å²) in [5, 5.41) is 45.1. The number of nitrogens with one attached hydrogen (secondary N) is 1. The fourth-order valence-electron chi connectivity index (χ4n) is 5.12. The van der Waals surface area contributed by atoms with Gasteiger partial charge in [-0.25, -0.2) is 4.79 Å². The number of ether oxygens (including phenoxy) is 2. The minimum atomic E-state index is -1.57. The third-order valence-corrected chi connectivity index (χ3v) is 8.64. The summed E-state index contributed by atoms with van der Waals surface area (Å²) in [6, 6.07) is 3.44. The normalized spacial score (nSPS) is 31.0. The molecule has 1 aromatic carbocycles. The van der Waals surface area contributed by atoms with E-state index in [-0.39, 0.29) is 34.8 Å². The lowest BCUT2D eigenvalue weighted by molar-refractivity contribution is -0.211. The Morgan fingerprint density at radius 1 is 1.24 bits per heavy atom. The predicted molar refractivity (Wildman–Crippen MR) is 145 cm³/mol. The first-order chi connectivity index (χ1) is 18.0. The van der Waals surface area contributed by atoms with Gasteiger partial charge in [-0.2, -0.15) is 0 Å². The van der Waals surface area contributed by atoms with Crippen LogP contribution in [0.3, 0.4) is 0 Å². The lowest BCUT2D eigenvalue weighted by atomic mass is 9.91. The third kappa shape index (κ3) is 7.74. The van der Waals surface area contributed by atoms with Gasteiger partial charge in [0.2, 0.25) is 5.91 Å². The lowest BCUT2D eigenvalue weighted by Gasteiger charge is -2.44. The highest BCUT2D eigenvalue weighted by atomic mass is 35.5. The highest BCUT2D eigenvalue weighted by molar-refractivity contribution is 7.99. The molecule has 1 amide bonds. The molecule has 0 radical (unpaired) electrons. The first-order valence-electron chi connectivity index (χ1n) is 13.0. The van der Waals surface area contributed by atoms with Crippen molar-refractivity contribution in [2.24, 2.45) is 11.8 Å². The van der Waals surface area contributed by atoms with Crippen molar-refractivity contribution in [3.8, 4) is 0 Å². The molecule has 1 saturated carbocycles. The second kappa shape index (κ2) is 14.2. The van der Waals surface area contributed by atoms with Crippen molar-refractivity contribution in [1.29, 1.82) is 0 Å². The Morgan fingerprint density at radius 3 is 2.63 bits per heavy atom. The first kappa shape index (κ1) is 30.9. The molecule has 38 heavy (non-hydrogen) atoms. The number of nitrogen functional groups attached to an aromatic ring is 1. The molecule has 0 aromatic heterocycles. The average Bonchev–Trinajstić information content (AvgIpc) is 3.34. The van der Waals surface area contributed by atoms with Crippen LogP contribution in [0.1, 0.15) is 56.3 Å². The van der Waals surface area contributed by atoms with Crippen LogP contribution >= 0.6 is 23.4 Å². The first-order valence-corrected chi connectivity index (χ1v) is 14.5. The van der Waals surface area contributed by atoms with Crippen molar-refractivity contribution < 1.29 is 39.5 Å². The number of nitrogens with two attached hydrogens (primary N) is 1. The van der Waals surface area contributed by atoms with Crippen molar-refractivity contribution in [3.63, 3.8) is 0 Å². The van der Waals surface area contributed by atoms with Crippen LogP contribution in [0.5, 0.6) is 0 Å². The van der Waals surface area contributed by atoms with E-state index in [4.69, 9.17) is 26.8 Å². The Hall–Kier alpha value is -1.60. The minimum absolute atomic E-state index is 0.0444. The SMILES string of the molecule is CCC[C@H]1CC[C@H](C(=O)N[C@@H]([C@H]2O[C@H](SCCOC(=O)c3ccc(N)cc3Cl)[C@H](O)[C@@H](O)[C@H]2O)[C@@H](C)O)C1. The highest BCUT2D eigenvalue weighted by Gasteiger charge is 2.48. The monoisotopic (exact) mass is 574 g/mol. The van der Waals surface area contributed by atoms with Gasteiger partial charge in [-0.05, 0) is 50.3 Å². The molecule has 0 unspecified atom stereocenters. The Labute approximate surface area is 232 Å². The molecule has 12 heteroatoms. The van der Waals surface area contributed by atoms with Gasteiger partial charge in [-0.15, -0.1) is 11.8 Å². The van der Waals surface area contributed by atoms with Crippen LogP contribution in [0.4, 0.5) is 5.69 Å². The van der Waals surface area contributed by atoms with Crippen LogP contribution < -0.4 is 11.1 Å². The number of aliphatic hydroxyl groups excluding tert-OH is 4. The zero-order valence-electron chi connectivity index (χ0n) is 21.7. The number of aliphatic hydroxyl groups is 4. The lowest BCUT2D eigenvalue weighted by Crippen LogP contribution is -2.65. The van der Waals surface area contributed by atoms with Crippen molar-refractivity contribution in [2.45, 2.75) is 87.9 Å². The number of thioether (sulfide) groups is 1. The van der Waals surface area contributed by atoms with Crippen molar-refractivity contribution >= 4 is 40.9 Å². The van der Waals surface area contributed by atoms with E-state index in [1.54, 1.807) is 0 Å². The second-order valence-corrected chi connectivity index (χ2v) is 11.7. The second-order valence-electron chi connectivity index (χ2n) is 10.1. The van der Waals surface area contributed by atoms with Gasteiger partial charge in [0.1, 0.15) is 36.5 Å². The van der Waals surface area contributed by atoms with E-state index in [9.17, 15) is 30.0 Å². The van der Waals surface area contributed by atoms with Crippen LogP contribution in [0.2, 0.25) is 5.02 Å². The molecular formula is C26H39ClN2O8S. The molecule has 1 saturated heterocycles. The summed E-state index contributed by atoms with van der Waals surface area (Å²) in [4.78, 5) is 25.3. The molecule has 7 N–H and O–H groups in total. The Bertz CT molecular complexity index is 954. The number of carbonyl (C=O) groups is 2. The van der Waals surface area contributed by atoms with Crippen LogP contribution in [0.15, 0.2) is 18.2 Å². The highest BCUT2D eigenvalue weighted by Crippen LogP contribution is 2.35. The van der Waals surface area contributed by atoms with Crippen LogP contribution in [0.25, 0.3) is 0 Å². The molecule has 1 aliphatic carbocycles. The molecule has 1 aliphatic heterocycles. The zero-order chi connectivity index (χ0) is 28.0. The number of rotatable bonds is 11. The standard InChI is InChI=1S/C26H39ClN2O8S/c1-3-4-14-5-6-15(11-14)24(34)29-19(13(2)30)23-21(32)20(31)22(33)26(37-23)38-10-9-36-25(35)17-8-7-16(28)12-18(17)27/h7-8,12-15,19-23,26,30-33H,3-6,9-11,28H2,1-2H3,(H,29,34)/t13-,14+,15+,19-,20+,21-,22-,23-,26-/m1/s1. The molecule has 2 aliphatic rings. The Balaban J connectivity index is 1.57. The molecule has 1 aromatic rings. The molecule has 2 fully saturated rings. The summed E-state index contributed by atoms with van der Waals surface area (Å²) in [5.41, 5.74) is 5.21. The fourth-order valence-corrected chi connectivity index (χ4v) is 6.37. The summed E-state index contributed by atoms with van der Waals surface area (Å²) in [6.07, 6.45) is -2.16. The summed E-state index contributed by atoms with van der Waals surface area (Å²) in [7, 11) is 0. The number of carbonyl (C=O) groups excluding carboxylic acids is 2. The van der Waals surface area contributed by atoms with Gasteiger partial charge < -0.3 is 41.0 Å². The van der Waals surface area contributed by atoms with Gasteiger partial charge in [0, 0.05) is 17.4 Å². The molecule has 0 bridgehead atoms. The smallest absolute Gasteiger partial charge is 0.339 e. The third-order valence-electron chi connectivity index (χ3n) is 7.21. The molecule has 0 spiro atoms. The molecule has 214 valence electrons. The zero-order valence-corrected chi connectivity index (χ0v) is 23.2. The van der Waals surface area contributed by atoms with Gasteiger partial charge >= 0.3 is 5.97 Å². The number of benzene rings is 1. The number of halogens is 1. The number of hydrogen-bond donors (Lipinski definition) is 6. The van der Waals surface area contributed by atoms with Gasteiger partial charge in [0.05, 0.1) is 22.7 Å². The van der Waals surface area contributed by atoms with Gasteiger partial charge in [0.15, 0.2) is 0 Å². The van der Waals surface area contributed by atoms with Crippen molar-refractivity contribution in [2.75, 3.05) is 18.1 Å². The number of hydrogen-bond acceptors (Lipinski definition) is 10. The predicted octanol–water partition coefficient (Wildman–Crippen LogP) is 1.70. The maximum absolute atomic E-state index is 13.0. The minimum Gasteiger partial charge on any atom is -0.461 e. The molecule has 3 rings (SSSR count). The fraction of sp³-hybridized carbons (Fsp3) is 0.692. The van der Waals surface area contributed by atoms with Crippen LogP contribution in [-0.2, 0) is 14.3 Å². The molecule has 9 atom stereocenters. The van der Waals surface area contributed by atoms with Crippen molar-refractivity contribution in [3.05, 3.63) is 28.8 Å². The van der Waals surface area contributed by atoms with Crippen LogP contribution in [0, 0.1) is 11.8 Å². The van der Waals surface area contributed by atoms with E-state index in [2.05, 4.69) is 12.2 Å². The quantitative estimate of drug-likeness (QED) is 0.130.